The maximum absolute atomic E-state index is 13.7. The van der Waals surface area contributed by atoms with Crippen LogP contribution < -0.4 is 19.5 Å². The van der Waals surface area contributed by atoms with E-state index in [1.165, 1.54) is 19.2 Å². The molecule has 4 rings (SSSR count). The number of hydrogen-bond acceptors (Lipinski definition) is 6. The van der Waals surface area contributed by atoms with E-state index in [0.717, 1.165) is 16.7 Å². The number of carbonyl (C=O) groups is 1. The predicted molar refractivity (Wildman–Crippen MR) is 135 cm³/mol. The number of nitrogens with one attached hydrogen (secondary N) is 1. The molecule has 0 aliphatic carbocycles. The number of methoxy groups -OCH3 is 3. The summed E-state index contributed by atoms with van der Waals surface area (Å²) in [5, 5.41) is 14.3. The number of fused-ring (bicyclic) bond motifs is 1. The number of nitro benzene ring substituents is 1. The Bertz CT molecular complexity index is 1260. The molecule has 0 aromatic heterocycles. The first-order valence-corrected chi connectivity index (χ1v) is 11.6. The first-order valence-electron chi connectivity index (χ1n) is 11.6. The number of rotatable bonds is 7. The molecule has 2 amide bonds. The van der Waals surface area contributed by atoms with Gasteiger partial charge in [-0.1, -0.05) is 30.3 Å². The molecule has 1 aliphatic heterocycles. The molecule has 0 saturated carbocycles. The fraction of sp³-hybridized carbons (Fsp3) is 0.296. The highest BCUT2D eigenvalue weighted by atomic mass is 16.6. The average Bonchev–Trinajstić information content (AvgIpc) is 2.91. The first kappa shape index (κ1) is 24.8. The molecule has 0 radical (unpaired) electrons. The lowest BCUT2D eigenvalue weighted by Gasteiger charge is -2.38. The van der Waals surface area contributed by atoms with Gasteiger partial charge in [0.15, 0.2) is 11.5 Å². The van der Waals surface area contributed by atoms with E-state index in [2.05, 4.69) is 5.32 Å². The van der Waals surface area contributed by atoms with E-state index >= 15 is 0 Å². The number of ether oxygens (including phenoxy) is 3. The summed E-state index contributed by atoms with van der Waals surface area (Å²) < 4.78 is 16.4. The van der Waals surface area contributed by atoms with E-state index in [9.17, 15) is 14.9 Å². The van der Waals surface area contributed by atoms with Crippen molar-refractivity contribution < 1.29 is 23.9 Å². The molecule has 0 saturated heterocycles. The van der Waals surface area contributed by atoms with Gasteiger partial charge in [0.2, 0.25) is 0 Å². The van der Waals surface area contributed by atoms with Crippen LogP contribution in [0.5, 0.6) is 17.2 Å². The largest absolute Gasteiger partial charge is 0.496 e. The van der Waals surface area contributed by atoms with Crippen molar-refractivity contribution >= 4 is 11.7 Å². The molecule has 0 fully saturated rings. The average molecular weight is 492 g/mol. The molecular weight excluding hydrogens is 462 g/mol. The molecule has 0 unspecified atom stereocenters. The summed E-state index contributed by atoms with van der Waals surface area (Å²) in [4.78, 5) is 26.3. The predicted octanol–water partition coefficient (Wildman–Crippen LogP) is 5.04. The SMILES string of the molecule is COc1cc2c(cc1OC)[C@H](c1ccccc1)N(C(=O)N[C@@H](C)c1cc([N+](=O)[O-])ccc1OC)CC2. The number of carbonyl (C=O) groups excluding carboxylic acids is 1. The van der Waals surface area contributed by atoms with E-state index in [1.807, 2.05) is 42.5 Å². The van der Waals surface area contributed by atoms with E-state index in [0.29, 0.717) is 35.8 Å². The highest BCUT2D eigenvalue weighted by Gasteiger charge is 2.34. The van der Waals surface area contributed by atoms with Crippen LogP contribution in [0.3, 0.4) is 0 Å². The van der Waals surface area contributed by atoms with Crippen LogP contribution in [0.25, 0.3) is 0 Å². The third kappa shape index (κ3) is 4.77. The van der Waals surface area contributed by atoms with E-state index < -0.39 is 11.0 Å². The molecule has 3 aromatic carbocycles. The molecule has 188 valence electrons. The number of benzene rings is 3. The van der Waals surface area contributed by atoms with Crippen molar-refractivity contribution in [2.24, 2.45) is 0 Å². The number of hydrogen-bond donors (Lipinski definition) is 1. The van der Waals surface area contributed by atoms with Crippen LogP contribution in [-0.4, -0.2) is 43.7 Å². The summed E-state index contributed by atoms with van der Waals surface area (Å²) in [6.45, 7) is 2.26. The van der Waals surface area contributed by atoms with Crippen molar-refractivity contribution in [1.82, 2.24) is 10.2 Å². The van der Waals surface area contributed by atoms with Gasteiger partial charge in [-0.25, -0.2) is 4.79 Å². The highest BCUT2D eigenvalue weighted by molar-refractivity contribution is 5.77. The Morgan fingerprint density at radius 2 is 1.67 bits per heavy atom. The quantitative estimate of drug-likeness (QED) is 0.367. The van der Waals surface area contributed by atoms with Gasteiger partial charge in [0, 0.05) is 24.2 Å². The summed E-state index contributed by atoms with van der Waals surface area (Å²) in [6.07, 6.45) is 0.640. The van der Waals surface area contributed by atoms with Gasteiger partial charge in [-0.05, 0) is 48.2 Å². The van der Waals surface area contributed by atoms with Crippen LogP contribution in [0.15, 0.2) is 60.7 Å². The van der Waals surface area contributed by atoms with E-state index in [4.69, 9.17) is 14.2 Å². The van der Waals surface area contributed by atoms with Crippen LogP contribution in [0.4, 0.5) is 10.5 Å². The monoisotopic (exact) mass is 491 g/mol. The molecule has 3 aromatic rings. The van der Waals surface area contributed by atoms with E-state index in [1.54, 1.807) is 32.1 Å². The maximum atomic E-state index is 13.7. The molecule has 2 atom stereocenters. The summed E-state index contributed by atoms with van der Waals surface area (Å²) in [6, 6.07) is 16.9. The topological polar surface area (TPSA) is 103 Å². The lowest BCUT2D eigenvalue weighted by Crippen LogP contribution is -2.46. The fourth-order valence-electron chi connectivity index (χ4n) is 4.68. The Labute approximate surface area is 209 Å². The molecular formula is C27H29N3O6. The van der Waals surface area contributed by atoms with Gasteiger partial charge in [-0.15, -0.1) is 0 Å². The van der Waals surface area contributed by atoms with Crippen molar-refractivity contribution in [2.45, 2.75) is 25.4 Å². The Kier molecular flexibility index (Phi) is 7.28. The Morgan fingerprint density at radius 1 is 1.00 bits per heavy atom. The summed E-state index contributed by atoms with van der Waals surface area (Å²) in [5.41, 5.74) is 3.46. The van der Waals surface area contributed by atoms with Crippen LogP contribution in [0.1, 0.15) is 41.3 Å². The number of urea groups is 1. The smallest absolute Gasteiger partial charge is 0.318 e. The van der Waals surface area contributed by atoms with Gasteiger partial charge >= 0.3 is 6.03 Å². The zero-order chi connectivity index (χ0) is 25.8. The molecule has 1 N–H and O–H groups in total. The van der Waals surface area contributed by atoms with Gasteiger partial charge in [-0.3, -0.25) is 10.1 Å². The minimum atomic E-state index is -0.532. The second-order valence-corrected chi connectivity index (χ2v) is 8.52. The number of nitrogens with zero attached hydrogens (tertiary/aromatic N) is 2. The third-order valence-electron chi connectivity index (χ3n) is 6.48. The Balaban J connectivity index is 1.70. The van der Waals surface area contributed by atoms with Crippen LogP contribution >= 0.6 is 0 Å². The van der Waals surface area contributed by atoms with Crippen molar-refractivity contribution in [3.63, 3.8) is 0 Å². The third-order valence-corrected chi connectivity index (χ3v) is 6.48. The number of amides is 2. The molecule has 0 bridgehead atoms. The van der Waals surface area contributed by atoms with Gasteiger partial charge in [0.25, 0.3) is 5.69 Å². The highest BCUT2D eigenvalue weighted by Crippen LogP contribution is 2.41. The normalized spacial score (nSPS) is 15.4. The van der Waals surface area contributed by atoms with Gasteiger partial charge in [0.1, 0.15) is 5.75 Å². The lowest BCUT2D eigenvalue weighted by atomic mass is 9.88. The number of nitro groups is 1. The van der Waals surface area contributed by atoms with Crippen molar-refractivity contribution in [2.75, 3.05) is 27.9 Å². The molecule has 9 heteroatoms. The maximum Gasteiger partial charge on any atom is 0.318 e. The summed E-state index contributed by atoms with van der Waals surface area (Å²) >= 11 is 0. The van der Waals surface area contributed by atoms with Crippen molar-refractivity contribution in [3.8, 4) is 17.2 Å². The molecule has 1 aliphatic rings. The molecule has 1 heterocycles. The first-order chi connectivity index (χ1) is 17.4. The van der Waals surface area contributed by atoms with Crippen molar-refractivity contribution in [1.29, 1.82) is 0 Å². The van der Waals surface area contributed by atoms with Gasteiger partial charge in [0.05, 0.1) is 38.3 Å². The Morgan fingerprint density at radius 3 is 2.31 bits per heavy atom. The summed E-state index contributed by atoms with van der Waals surface area (Å²) in [5.74, 6) is 1.70. The standard InChI is InChI=1S/C27H29N3O6/c1-17(21-15-20(30(32)33)10-11-23(21)34-2)28-27(31)29-13-12-19-14-24(35-3)25(36-4)16-22(19)26(29)18-8-6-5-7-9-18/h5-11,14-17,26H,12-13H2,1-4H3,(H,28,31)/t17-,26-/m0/s1. The molecule has 36 heavy (non-hydrogen) atoms. The number of non-ortho nitro benzene ring substituents is 1. The lowest BCUT2D eigenvalue weighted by molar-refractivity contribution is -0.385. The zero-order valence-corrected chi connectivity index (χ0v) is 20.7. The second-order valence-electron chi connectivity index (χ2n) is 8.52. The fourth-order valence-corrected chi connectivity index (χ4v) is 4.68. The zero-order valence-electron chi connectivity index (χ0n) is 20.7. The minimum absolute atomic E-state index is 0.0676. The van der Waals surface area contributed by atoms with Crippen LogP contribution in [-0.2, 0) is 6.42 Å². The second kappa shape index (κ2) is 10.6. The molecule has 0 spiro atoms. The summed E-state index contributed by atoms with van der Waals surface area (Å²) in [7, 11) is 4.68. The van der Waals surface area contributed by atoms with Gasteiger partial charge in [-0.2, -0.15) is 0 Å². The van der Waals surface area contributed by atoms with Crippen molar-refractivity contribution in [3.05, 3.63) is 93.0 Å². The van der Waals surface area contributed by atoms with Crippen LogP contribution in [0.2, 0.25) is 0 Å². The van der Waals surface area contributed by atoms with Gasteiger partial charge < -0.3 is 24.4 Å². The van der Waals surface area contributed by atoms with E-state index in [-0.39, 0.29) is 17.8 Å². The Hall–Kier alpha value is -4.27. The van der Waals surface area contributed by atoms with Crippen LogP contribution in [0, 0.1) is 10.1 Å². The minimum Gasteiger partial charge on any atom is -0.496 e. The molecule has 9 nitrogen and oxygen atoms in total.